The molecule has 0 bridgehead atoms. The van der Waals surface area contributed by atoms with Crippen LogP contribution in [0.4, 0.5) is 0 Å². The molecule has 6 heteroatoms. The molecule has 0 aliphatic carbocycles. The molecule has 4 nitrogen and oxygen atoms in total. The molecule has 0 atom stereocenters. The normalized spacial score (nSPS) is 11.1. The van der Waals surface area contributed by atoms with Crippen LogP contribution in [0.1, 0.15) is 26.7 Å². The van der Waals surface area contributed by atoms with Gasteiger partial charge in [0, 0.05) is 19.0 Å². The summed E-state index contributed by atoms with van der Waals surface area (Å²) in [5.41, 5.74) is 0. The zero-order valence-electron chi connectivity index (χ0n) is 12.3. The third-order valence-electron chi connectivity index (χ3n) is 3.11. The molecule has 0 aromatic heterocycles. The van der Waals surface area contributed by atoms with Gasteiger partial charge in [-0.2, -0.15) is 0 Å². The van der Waals surface area contributed by atoms with E-state index in [1.807, 2.05) is 0 Å². The molecule has 1 aromatic carbocycles. The number of benzene rings is 1. The minimum atomic E-state index is -0.766. The molecule has 1 N–H and O–H groups in total. The fraction of sp³-hybridized carbons (Fsp3) is 0.533. The van der Waals surface area contributed by atoms with Gasteiger partial charge in [0.05, 0.1) is 10.0 Å². The number of nitrogens with zero attached hydrogens (tertiary/aromatic N) is 1. The maximum absolute atomic E-state index is 10.6. The average Bonchev–Trinajstić information content (AvgIpc) is 2.39. The third kappa shape index (κ3) is 6.55. The largest absolute Gasteiger partial charge is 0.489 e. The quantitative estimate of drug-likeness (QED) is 0.743. The molecule has 21 heavy (non-hydrogen) atoms. The van der Waals surface area contributed by atoms with E-state index in [0.717, 1.165) is 6.54 Å². The second kappa shape index (κ2) is 9.13. The second-order valence-electron chi connectivity index (χ2n) is 5.03. The van der Waals surface area contributed by atoms with E-state index in [1.54, 1.807) is 18.2 Å². The Kier molecular flexibility index (Phi) is 7.86. The number of hydrogen-bond acceptors (Lipinski definition) is 3. The first-order valence-electron chi connectivity index (χ1n) is 6.94. The van der Waals surface area contributed by atoms with Crippen LogP contribution in [-0.2, 0) is 4.79 Å². The third-order valence-corrected chi connectivity index (χ3v) is 3.71. The number of aliphatic carboxylic acids is 1. The van der Waals surface area contributed by atoms with Crippen molar-refractivity contribution in [2.24, 2.45) is 0 Å². The number of ether oxygens (including phenoxy) is 1. The summed E-state index contributed by atoms with van der Waals surface area (Å²) in [6, 6.07) is 5.55. The van der Waals surface area contributed by atoms with Gasteiger partial charge in [-0.25, -0.2) is 0 Å². The smallest absolute Gasteiger partial charge is 0.303 e. The number of carboxylic acids is 1. The van der Waals surface area contributed by atoms with Crippen molar-refractivity contribution < 1.29 is 14.6 Å². The Morgan fingerprint density at radius 1 is 1.29 bits per heavy atom. The van der Waals surface area contributed by atoms with E-state index in [2.05, 4.69) is 18.7 Å². The van der Waals surface area contributed by atoms with E-state index < -0.39 is 5.97 Å². The Balaban J connectivity index is 2.45. The summed E-state index contributed by atoms with van der Waals surface area (Å²) in [6.45, 7) is 6.02. The predicted octanol–water partition coefficient (Wildman–Crippen LogP) is 3.95. The van der Waals surface area contributed by atoms with Crippen molar-refractivity contribution in [2.45, 2.75) is 32.7 Å². The van der Waals surface area contributed by atoms with Gasteiger partial charge in [0.15, 0.2) is 5.75 Å². The standard InChI is InChI=1S/C15H21Cl2NO3/c1-11(2)18(8-4-7-14(19)20)9-10-21-15-12(16)5-3-6-13(15)17/h3,5-6,11H,4,7-10H2,1-2H3,(H,19,20). The minimum Gasteiger partial charge on any atom is -0.489 e. The molecule has 0 aliphatic rings. The van der Waals surface area contributed by atoms with Crippen molar-refractivity contribution in [3.8, 4) is 5.75 Å². The molecule has 0 heterocycles. The lowest BCUT2D eigenvalue weighted by Crippen LogP contribution is -2.35. The summed E-state index contributed by atoms with van der Waals surface area (Å²) >= 11 is 12.1. The van der Waals surface area contributed by atoms with Crippen molar-refractivity contribution in [3.05, 3.63) is 28.2 Å². The van der Waals surface area contributed by atoms with Crippen LogP contribution in [0.5, 0.6) is 5.75 Å². The van der Waals surface area contributed by atoms with E-state index in [4.69, 9.17) is 33.0 Å². The zero-order chi connectivity index (χ0) is 15.8. The molecule has 0 saturated heterocycles. The molecule has 1 aromatic rings. The lowest BCUT2D eigenvalue weighted by Gasteiger charge is -2.26. The molecule has 0 amide bonds. The molecule has 0 fully saturated rings. The van der Waals surface area contributed by atoms with Gasteiger partial charge in [-0.05, 0) is 38.9 Å². The van der Waals surface area contributed by atoms with Crippen LogP contribution in [0, 0.1) is 0 Å². The lowest BCUT2D eigenvalue weighted by atomic mass is 10.2. The van der Waals surface area contributed by atoms with Crippen molar-refractivity contribution in [1.82, 2.24) is 4.90 Å². The van der Waals surface area contributed by atoms with Crippen molar-refractivity contribution in [2.75, 3.05) is 19.7 Å². The Hall–Kier alpha value is -0.970. The molecule has 118 valence electrons. The summed E-state index contributed by atoms with van der Waals surface area (Å²) in [7, 11) is 0. The highest BCUT2D eigenvalue weighted by molar-refractivity contribution is 6.37. The molecule has 1 rings (SSSR count). The highest BCUT2D eigenvalue weighted by Gasteiger charge is 2.12. The van der Waals surface area contributed by atoms with Crippen molar-refractivity contribution in [3.63, 3.8) is 0 Å². The first-order chi connectivity index (χ1) is 9.91. The summed E-state index contributed by atoms with van der Waals surface area (Å²) < 4.78 is 5.65. The molecule has 0 unspecified atom stereocenters. The highest BCUT2D eigenvalue weighted by Crippen LogP contribution is 2.32. The average molecular weight is 334 g/mol. The van der Waals surface area contributed by atoms with Crippen LogP contribution >= 0.6 is 23.2 Å². The fourth-order valence-corrected chi connectivity index (χ4v) is 2.45. The van der Waals surface area contributed by atoms with Crippen LogP contribution in [-0.4, -0.2) is 41.7 Å². The summed E-state index contributed by atoms with van der Waals surface area (Å²) in [4.78, 5) is 12.7. The van der Waals surface area contributed by atoms with Crippen molar-refractivity contribution >= 4 is 29.2 Å². The fourth-order valence-electron chi connectivity index (χ4n) is 1.95. The molecule has 0 spiro atoms. The molecule has 0 aliphatic heterocycles. The van der Waals surface area contributed by atoms with E-state index in [9.17, 15) is 4.79 Å². The van der Waals surface area contributed by atoms with Gasteiger partial charge in [-0.3, -0.25) is 9.69 Å². The lowest BCUT2D eigenvalue weighted by molar-refractivity contribution is -0.137. The Bertz CT molecular complexity index is 446. The molecule has 0 saturated carbocycles. The van der Waals surface area contributed by atoms with E-state index in [1.165, 1.54) is 0 Å². The van der Waals surface area contributed by atoms with E-state index in [-0.39, 0.29) is 6.42 Å². The summed E-state index contributed by atoms with van der Waals surface area (Å²) in [5.74, 6) is -0.270. The van der Waals surface area contributed by atoms with Crippen LogP contribution in [0.15, 0.2) is 18.2 Å². The van der Waals surface area contributed by atoms with Gasteiger partial charge in [-0.15, -0.1) is 0 Å². The SMILES string of the molecule is CC(C)N(CCCC(=O)O)CCOc1c(Cl)cccc1Cl. The van der Waals surface area contributed by atoms with Gasteiger partial charge < -0.3 is 9.84 Å². The summed E-state index contributed by atoms with van der Waals surface area (Å²) in [6.07, 6.45) is 0.806. The monoisotopic (exact) mass is 333 g/mol. The predicted molar refractivity (Wildman–Crippen MR) is 85.5 cm³/mol. The Morgan fingerprint density at radius 2 is 1.90 bits per heavy atom. The maximum Gasteiger partial charge on any atom is 0.303 e. The number of halogens is 2. The first kappa shape index (κ1) is 18.1. The van der Waals surface area contributed by atoms with Crippen LogP contribution in [0.25, 0.3) is 0 Å². The van der Waals surface area contributed by atoms with Gasteiger partial charge in [0.25, 0.3) is 0 Å². The van der Waals surface area contributed by atoms with Gasteiger partial charge in [0.2, 0.25) is 0 Å². The number of rotatable bonds is 9. The van der Waals surface area contributed by atoms with Gasteiger partial charge in [0.1, 0.15) is 6.61 Å². The van der Waals surface area contributed by atoms with Crippen LogP contribution < -0.4 is 4.74 Å². The molecule has 0 radical (unpaired) electrons. The number of carboxylic acid groups (broad SMARTS) is 1. The Labute approximate surface area is 135 Å². The van der Waals surface area contributed by atoms with Gasteiger partial charge >= 0.3 is 5.97 Å². The minimum absolute atomic E-state index is 0.181. The molecular formula is C15H21Cl2NO3. The highest BCUT2D eigenvalue weighted by atomic mass is 35.5. The maximum atomic E-state index is 10.6. The number of para-hydroxylation sites is 1. The van der Waals surface area contributed by atoms with Crippen LogP contribution in [0.2, 0.25) is 10.0 Å². The second-order valence-corrected chi connectivity index (χ2v) is 5.84. The summed E-state index contributed by atoms with van der Waals surface area (Å²) in [5, 5.41) is 9.66. The molecular weight excluding hydrogens is 313 g/mol. The zero-order valence-corrected chi connectivity index (χ0v) is 13.8. The number of hydrogen-bond donors (Lipinski definition) is 1. The first-order valence-corrected chi connectivity index (χ1v) is 7.70. The van der Waals surface area contributed by atoms with E-state index in [0.29, 0.717) is 41.4 Å². The Morgan fingerprint density at radius 3 is 2.43 bits per heavy atom. The van der Waals surface area contributed by atoms with E-state index >= 15 is 0 Å². The number of carbonyl (C=O) groups is 1. The van der Waals surface area contributed by atoms with Gasteiger partial charge in [-0.1, -0.05) is 29.3 Å². The van der Waals surface area contributed by atoms with Crippen molar-refractivity contribution in [1.29, 1.82) is 0 Å². The topological polar surface area (TPSA) is 49.8 Å². The van der Waals surface area contributed by atoms with Crippen LogP contribution in [0.3, 0.4) is 0 Å².